The number of nitrogens with zero attached hydrogens (tertiary/aromatic N) is 2. The van der Waals surface area contributed by atoms with Crippen LogP contribution in [0.3, 0.4) is 0 Å². The van der Waals surface area contributed by atoms with Gasteiger partial charge in [0.2, 0.25) is 0 Å². The molecule has 0 fully saturated rings. The molecule has 1 aliphatic rings. The van der Waals surface area contributed by atoms with Gasteiger partial charge < -0.3 is 10.2 Å². The van der Waals surface area contributed by atoms with Crippen molar-refractivity contribution in [3.63, 3.8) is 0 Å². The van der Waals surface area contributed by atoms with Gasteiger partial charge in [-0.3, -0.25) is 0 Å². The minimum absolute atomic E-state index is 0. The molecule has 6 rings (SSSR count). The maximum absolute atomic E-state index is 12.1. The van der Waals surface area contributed by atoms with Gasteiger partial charge in [0.05, 0.1) is 22.8 Å². The molecule has 0 atom stereocenters. The van der Waals surface area contributed by atoms with E-state index < -0.39 is 16.9 Å². The van der Waals surface area contributed by atoms with Crippen molar-refractivity contribution in [2.24, 2.45) is 9.98 Å². The van der Waals surface area contributed by atoms with E-state index in [1.54, 1.807) is 6.07 Å². The largest absolute Gasteiger partial charge is 2.00 e. The molecule has 5 aromatic carbocycles. The standard InChI is InChI=1S/C28H24N2.C14H21ClO2.Ni/c1-17-9-5-10-18(2)25(17)29-27-22-15-7-13-21-14-8-16-23(24(21)22)28(27)30-26-19(3)11-6-12-20(26)4;1-13(2,3)8-7-9(15)10(14(4,5)6)12(17)11(8)16;/h5-16H,1-4H3;7,16-17H,1-6H3;/q;;+2/p-2. The molecule has 0 saturated heterocycles. The van der Waals surface area contributed by atoms with Gasteiger partial charge in [0.1, 0.15) is 0 Å². The number of benzene rings is 5. The van der Waals surface area contributed by atoms with Gasteiger partial charge in [0, 0.05) is 21.5 Å². The molecule has 250 valence electrons. The summed E-state index contributed by atoms with van der Waals surface area (Å²) in [6.07, 6.45) is 0. The monoisotopic (exact) mass is 700 g/mol. The summed E-state index contributed by atoms with van der Waals surface area (Å²) in [6, 6.07) is 27.2. The summed E-state index contributed by atoms with van der Waals surface area (Å²) in [5, 5.41) is 27.0. The molecule has 0 aliphatic heterocycles. The van der Waals surface area contributed by atoms with Crippen LogP contribution in [0.4, 0.5) is 11.4 Å². The Kier molecular flexibility index (Phi) is 10.7. The molecule has 0 heterocycles. The van der Waals surface area contributed by atoms with Crippen molar-refractivity contribution in [2.45, 2.75) is 80.1 Å². The van der Waals surface area contributed by atoms with Crippen molar-refractivity contribution in [1.82, 2.24) is 0 Å². The number of aryl methyl sites for hydroxylation is 4. The fourth-order valence-corrected chi connectivity index (χ4v) is 6.75. The van der Waals surface area contributed by atoms with Crippen molar-refractivity contribution in [3.8, 4) is 11.5 Å². The third-order valence-electron chi connectivity index (χ3n) is 8.71. The third kappa shape index (κ3) is 7.09. The number of halogens is 1. The second-order valence-corrected chi connectivity index (χ2v) is 15.0. The van der Waals surface area contributed by atoms with Crippen LogP contribution in [0.1, 0.15) is 86.1 Å². The van der Waals surface area contributed by atoms with Gasteiger partial charge >= 0.3 is 16.5 Å². The predicted molar refractivity (Wildman–Crippen MR) is 196 cm³/mol. The van der Waals surface area contributed by atoms with Crippen LogP contribution in [0, 0.1) is 27.7 Å². The Labute approximate surface area is 300 Å². The van der Waals surface area contributed by atoms with E-state index in [0.29, 0.717) is 16.1 Å². The zero-order valence-corrected chi connectivity index (χ0v) is 31.2. The Morgan fingerprint density at radius 2 is 0.958 bits per heavy atom. The van der Waals surface area contributed by atoms with Crippen LogP contribution in [-0.4, -0.2) is 11.4 Å². The van der Waals surface area contributed by atoms with Crippen LogP contribution < -0.4 is 10.2 Å². The van der Waals surface area contributed by atoms with Crippen molar-refractivity contribution in [3.05, 3.63) is 128 Å². The normalized spacial score (nSPS) is 14.2. The van der Waals surface area contributed by atoms with E-state index in [9.17, 15) is 10.2 Å². The molecule has 0 radical (unpaired) electrons. The maximum atomic E-state index is 12.1. The van der Waals surface area contributed by atoms with Gasteiger partial charge in [-0.1, -0.05) is 126 Å². The Hall–Kier alpha value is -3.92. The summed E-state index contributed by atoms with van der Waals surface area (Å²) >= 11 is 6.16. The van der Waals surface area contributed by atoms with Crippen LogP contribution in [-0.2, 0) is 27.3 Å². The molecule has 48 heavy (non-hydrogen) atoms. The second kappa shape index (κ2) is 13.9. The molecular weight excluding hydrogens is 659 g/mol. The average molecular weight is 702 g/mol. The molecule has 1 aliphatic carbocycles. The van der Waals surface area contributed by atoms with E-state index in [2.05, 4.69) is 100 Å². The van der Waals surface area contributed by atoms with E-state index in [1.807, 2.05) is 41.5 Å². The molecule has 4 nitrogen and oxygen atoms in total. The number of hydrogen-bond donors (Lipinski definition) is 0. The van der Waals surface area contributed by atoms with Gasteiger partial charge in [-0.15, -0.1) is 11.5 Å². The molecule has 0 amide bonds. The Balaban J connectivity index is 0.000000249. The zero-order chi connectivity index (χ0) is 34.4. The Morgan fingerprint density at radius 1 is 0.562 bits per heavy atom. The van der Waals surface area contributed by atoms with Gasteiger partial charge in [0.25, 0.3) is 0 Å². The minimum Gasteiger partial charge on any atom is -0.873 e. The van der Waals surface area contributed by atoms with Crippen LogP contribution in [0.25, 0.3) is 10.8 Å². The molecule has 0 unspecified atom stereocenters. The molecule has 0 N–H and O–H groups in total. The first kappa shape index (κ1) is 36.9. The summed E-state index contributed by atoms with van der Waals surface area (Å²) in [6.45, 7) is 19.8. The summed E-state index contributed by atoms with van der Waals surface area (Å²) in [5.74, 6) is -0.887. The van der Waals surface area contributed by atoms with E-state index >= 15 is 0 Å². The SMILES string of the molecule is CC(C)(C)c1cc(Cl)c(C(C)(C)C)c([O-])c1[O-].Cc1cccc(C)c1N=C1C(=Nc2c(C)cccc2C)c2cccc3cccc1c23.[Ni+2]. The second-order valence-electron chi connectivity index (χ2n) is 14.6. The number of hydrogen-bond acceptors (Lipinski definition) is 4. The van der Waals surface area contributed by atoms with Gasteiger partial charge in [-0.25, -0.2) is 9.98 Å². The van der Waals surface area contributed by atoms with E-state index in [0.717, 1.165) is 33.9 Å². The molecular formula is C42H43ClN2NiO2. The van der Waals surface area contributed by atoms with Gasteiger partial charge in [0.15, 0.2) is 0 Å². The van der Waals surface area contributed by atoms with Crippen LogP contribution >= 0.6 is 11.6 Å². The number of rotatable bonds is 2. The van der Waals surface area contributed by atoms with Crippen LogP contribution in [0.15, 0.2) is 88.8 Å². The third-order valence-corrected chi connectivity index (χ3v) is 9.01. The van der Waals surface area contributed by atoms with E-state index in [1.165, 1.54) is 33.0 Å². The minimum atomic E-state index is -0.463. The Bertz CT molecular complexity index is 1940. The fourth-order valence-electron chi connectivity index (χ4n) is 6.27. The quantitative estimate of drug-likeness (QED) is 0.172. The topological polar surface area (TPSA) is 70.8 Å². The molecule has 6 heteroatoms. The first-order chi connectivity index (χ1) is 22.0. The number of aliphatic imine (C=N–C) groups is 2. The summed E-state index contributed by atoms with van der Waals surface area (Å²) in [7, 11) is 0. The van der Waals surface area contributed by atoms with E-state index in [-0.39, 0.29) is 21.9 Å². The predicted octanol–water partition coefficient (Wildman–Crippen LogP) is 10.4. The van der Waals surface area contributed by atoms with Crippen LogP contribution in [0.5, 0.6) is 11.5 Å². The summed E-state index contributed by atoms with van der Waals surface area (Å²) in [5.41, 5.74) is 11.1. The number of para-hydroxylation sites is 2. The van der Waals surface area contributed by atoms with Crippen molar-refractivity contribution >= 4 is 45.2 Å². The van der Waals surface area contributed by atoms with E-state index in [4.69, 9.17) is 21.6 Å². The maximum Gasteiger partial charge on any atom is 2.00 e. The average Bonchev–Trinajstić information content (AvgIpc) is 3.27. The van der Waals surface area contributed by atoms with Crippen molar-refractivity contribution < 1.29 is 26.7 Å². The molecule has 5 aromatic rings. The molecule has 0 spiro atoms. The van der Waals surface area contributed by atoms with Crippen molar-refractivity contribution in [1.29, 1.82) is 0 Å². The molecule has 0 bridgehead atoms. The smallest absolute Gasteiger partial charge is 0.873 e. The molecule has 0 aromatic heterocycles. The van der Waals surface area contributed by atoms with Crippen molar-refractivity contribution in [2.75, 3.05) is 0 Å². The summed E-state index contributed by atoms with van der Waals surface area (Å²) < 4.78 is 0. The first-order valence-corrected chi connectivity index (χ1v) is 16.4. The molecule has 0 saturated carbocycles. The first-order valence-electron chi connectivity index (χ1n) is 16.0. The van der Waals surface area contributed by atoms with Gasteiger partial charge in [-0.2, -0.15) is 0 Å². The van der Waals surface area contributed by atoms with Crippen LogP contribution in [0.2, 0.25) is 5.02 Å². The zero-order valence-electron chi connectivity index (χ0n) is 29.4. The fraction of sp³-hybridized carbons (Fsp3) is 0.286. The van der Waals surface area contributed by atoms with Gasteiger partial charge in [-0.05, 0) is 83.4 Å². The summed E-state index contributed by atoms with van der Waals surface area (Å²) in [4.78, 5) is 10.4. The Morgan fingerprint density at radius 3 is 1.33 bits per heavy atom.